The Morgan fingerprint density at radius 3 is 2.97 bits per heavy atom. The molecule has 0 unspecified atom stereocenters. The van der Waals surface area contributed by atoms with E-state index >= 15 is 0 Å². The number of imide groups is 1. The van der Waals surface area contributed by atoms with Crippen LogP contribution in [0.25, 0.3) is 11.1 Å². The molecule has 4 N–H and O–H groups in total. The number of amides is 3. The molecule has 174 valence electrons. The van der Waals surface area contributed by atoms with Crippen molar-refractivity contribution in [2.75, 3.05) is 26.7 Å². The maximum absolute atomic E-state index is 13.1. The maximum atomic E-state index is 13.1. The predicted octanol–water partition coefficient (Wildman–Crippen LogP) is 0.269. The van der Waals surface area contributed by atoms with Gasteiger partial charge in [-0.2, -0.15) is 0 Å². The highest BCUT2D eigenvalue weighted by Gasteiger charge is 2.44. The van der Waals surface area contributed by atoms with Crippen LogP contribution in [0.2, 0.25) is 0 Å². The van der Waals surface area contributed by atoms with Crippen LogP contribution in [0, 0.1) is 0 Å². The number of carbonyl (C=O) groups is 3. The normalized spacial score (nSPS) is 16.6. The molecule has 0 fully saturated rings. The van der Waals surface area contributed by atoms with Crippen molar-refractivity contribution in [3.63, 3.8) is 0 Å². The second-order valence-corrected chi connectivity index (χ2v) is 8.12. The van der Waals surface area contributed by atoms with E-state index in [1.165, 1.54) is 12.0 Å². The quantitative estimate of drug-likeness (QED) is 0.423. The number of hydrogen-bond donors (Lipinski definition) is 3. The first-order chi connectivity index (χ1) is 16.4. The van der Waals surface area contributed by atoms with E-state index in [1.807, 2.05) is 0 Å². The highest BCUT2D eigenvalue weighted by molar-refractivity contribution is 6.02. The molecule has 4 heterocycles. The van der Waals surface area contributed by atoms with Gasteiger partial charge in [0.25, 0.3) is 11.8 Å². The van der Waals surface area contributed by atoms with Gasteiger partial charge in [0.15, 0.2) is 11.1 Å². The molecule has 3 aromatic rings. The van der Waals surface area contributed by atoms with Gasteiger partial charge < -0.3 is 25.1 Å². The van der Waals surface area contributed by atoms with E-state index in [0.717, 1.165) is 17.7 Å². The zero-order valence-corrected chi connectivity index (χ0v) is 18.3. The van der Waals surface area contributed by atoms with E-state index in [9.17, 15) is 14.4 Å². The van der Waals surface area contributed by atoms with Crippen molar-refractivity contribution in [2.24, 2.45) is 10.7 Å². The van der Waals surface area contributed by atoms with Crippen LogP contribution >= 0.6 is 0 Å². The summed E-state index contributed by atoms with van der Waals surface area (Å²) >= 11 is 0. The van der Waals surface area contributed by atoms with Crippen LogP contribution in [-0.2, 0) is 21.7 Å². The van der Waals surface area contributed by atoms with Crippen LogP contribution < -0.4 is 21.1 Å². The Balaban J connectivity index is 1.50. The number of aromatic nitrogens is 1. The molecular formula is C23H22N6O5. The molecule has 1 aromatic carbocycles. The lowest BCUT2D eigenvalue weighted by Gasteiger charge is -2.29. The van der Waals surface area contributed by atoms with Crippen molar-refractivity contribution in [3.8, 4) is 5.75 Å². The zero-order chi connectivity index (χ0) is 23.9. The first kappa shape index (κ1) is 21.6. The largest absolute Gasteiger partial charge is 0.497 e. The average molecular weight is 462 g/mol. The van der Waals surface area contributed by atoms with E-state index < -0.39 is 11.4 Å². The molecule has 11 heteroatoms. The second kappa shape index (κ2) is 8.27. The maximum Gasteiger partial charge on any atom is 0.256 e. The summed E-state index contributed by atoms with van der Waals surface area (Å²) in [7, 11) is 1.52. The van der Waals surface area contributed by atoms with Crippen LogP contribution in [0.1, 0.15) is 27.2 Å². The standard InChI is InChI=1S/C23H22N6O5/c1-33-15-3-2-13-10-29(21(31)16(13)7-15)11-23(24,22(32)28-12-30)19-8-17-18(34-19)6-14(9-27-17)20-25-4-5-26-20/h2-3,6-9,12H,4-5,10-11,24H2,1H3,(H,25,26)(H,28,30,32)/t23-/m0/s1. The van der Waals surface area contributed by atoms with E-state index in [1.54, 1.807) is 36.5 Å². The van der Waals surface area contributed by atoms with E-state index in [0.29, 0.717) is 34.8 Å². The van der Waals surface area contributed by atoms with Crippen molar-refractivity contribution >= 4 is 35.2 Å². The monoisotopic (exact) mass is 462 g/mol. The van der Waals surface area contributed by atoms with Crippen molar-refractivity contribution < 1.29 is 23.5 Å². The third-order valence-corrected chi connectivity index (χ3v) is 5.99. The fourth-order valence-corrected chi connectivity index (χ4v) is 4.20. The van der Waals surface area contributed by atoms with Crippen LogP contribution in [0.5, 0.6) is 5.75 Å². The van der Waals surface area contributed by atoms with Crippen molar-refractivity contribution in [2.45, 2.75) is 12.1 Å². The number of carbonyl (C=O) groups excluding carboxylic acids is 3. The van der Waals surface area contributed by atoms with Crippen molar-refractivity contribution in [1.29, 1.82) is 0 Å². The smallest absolute Gasteiger partial charge is 0.256 e. The van der Waals surface area contributed by atoms with Crippen LogP contribution in [-0.4, -0.2) is 60.7 Å². The minimum atomic E-state index is -1.84. The number of benzene rings is 1. The topological polar surface area (TPSA) is 152 Å². The summed E-state index contributed by atoms with van der Waals surface area (Å²) in [5.74, 6) is 0.233. The molecule has 0 aliphatic carbocycles. The third-order valence-electron chi connectivity index (χ3n) is 5.99. The lowest BCUT2D eigenvalue weighted by molar-refractivity contribution is -0.130. The van der Waals surface area contributed by atoms with Gasteiger partial charge in [-0.15, -0.1) is 0 Å². The van der Waals surface area contributed by atoms with Crippen molar-refractivity contribution in [3.05, 3.63) is 59.0 Å². The second-order valence-electron chi connectivity index (χ2n) is 8.12. The van der Waals surface area contributed by atoms with Gasteiger partial charge in [0.05, 0.1) is 20.2 Å². The number of pyridine rings is 1. The first-order valence-electron chi connectivity index (χ1n) is 10.6. The molecule has 11 nitrogen and oxygen atoms in total. The number of fused-ring (bicyclic) bond motifs is 2. The number of nitrogens with two attached hydrogens (primary N) is 1. The fraction of sp³-hybridized carbons (Fsp3) is 0.261. The number of ether oxygens (including phenoxy) is 1. The summed E-state index contributed by atoms with van der Waals surface area (Å²) in [5, 5.41) is 5.27. The number of aliphatic imine (C=N–C) groups is 1. The Morgan fingerprint density at radius 2 is 2.24 bits per heavy atom. The SMILES string of the molecule is COc1ccc2c(c1)C(=O)N(C[C@@](N)(C(=O)NC=O)c1cc3ncc(C4=NCCN4)cc3o1)C2. The Morgan fingerprint density at radius 1 is 1.38 bits per heavy atom. The molecule has 2 aliphatic heterocycles. The van der Waals surface area contributed by atoms with Gasteiger partial charge in [0.2, 0.25) is 6.41 Å². The lowest BCUT2D eigenvalue weighted by atomic mass is 9.95. The summed E-state index contributed by atoms with van der Waals surface area (Å²) in [4.78, 5) is 47.3. The number of nitrogens with zero attached hydrogens (tertiary/aromatic N) is 3. The van der Waals surface area contributed by atoms with Gasteiger partial charge in [0, 0.05) is 36.5 Å². The summed E-state index contributed by atoms with van der Waals surface area (Å²) in [6, 6.07) is 8.50. The molecule has 0 bridgehead atoms. The minimum absolute atomic E-state index is 0.0779. The molecule has 2 aliphatic rings. The molecule has 1 atom stereocenters. The molecule has 0 spiro atoms. The van der Waals surface area contributed by atoms with E-state index in [4.69, 9.17) is 14.9 Å². The van der Waals surface area contributed by atoms with E-state index in [2.05, 4.69) is 20.6 Å². The number of hydrogen-bond acceptors (Lipinski definition) is 9. The molecule has 0 radical (unpaired) electrons. The van der Waals surface area contributed by atoms with Crippen LogP contribution in [0.3, 0.4) is 0 Å². The lowest BCUT2D eigenvalue weighted by Crippen LogP contribution is -2.57. The van der Waals surface area contributed by atoms with Gasteiger partial charge in [-0.05, 0) is 23.8 Å². The molecule has 34 heavy (non-hydrogen) atoms. The summed E-state index contributed by atoms with van der Waals surface area (Å²) in [5.41, 5.74) is 7.59. The highest BCUT2D eigenvalue weighted by atomic mass is 16.5. The predicted molar refractivity (Wildman–Crippen MR) is 121 cm³/mol. The molecule has 3 amide bonds. The summed E-state index contributed by atoms with van der Waals surface area (Å²) < 4.78 is 11.2. The van der Waals surface area contributed by atoms with Crippen LogP contribution in [0.4, 0.5) is 0 Å². The average Bonchev–Trinajstić information content (AvgIpc) is 3.58. The fourth-order valence-electron chi connectivity index (χ4n) is 4.20. The van der Waals surface area contributed by atoms with Crippen LogP contribution in [0.15, 0.2) is 45.9 Å². The molecular weight excluding hydrogens is 440 g/mol. The number of furan rings is 1. The molecule has 2 aromatic heterocycles. The number of rotatable bonds is 7. The van der Waals surface area contributed by atoms with Crippen molar-refractivity contribution in [1.82, 2.24) is 20.5 Å². The van der Waals surface area contributed by atoms with Gasteiger partial charge in [-0.25, -0.2) is 0 Å². The molecule has 0 saturated heterocycles. The summed E-state index contributed by atoms with van der Waals surface area (Å²) in [6.07, 6.45) is 1.90. The van der Waals surface area contributed by atoms with E-state index in [-0.39, 0.29) is 31.2 Å². The molecule has 0 saturated carbocycles. The Bertz CT molecular complexity index is 1350. The number of nitrogens with one attached hydrogen (secondary N) is 2. The summed E-state index contributed by atoms with van der Waals surface area (Å²) in [6.45, 7) is 1.45. The minimum Gasteiger partial charge on any atom is -0.497 e. The first-order valence-corrected chi connectivity index (χ1v) is 10.6. The van der Waals surface area contributed by atoms with Gasteiger partial charge >= 0.3 is 0 Å². The Labute approximate surface area is 194 Å². The number of methoxy groups -OCH3 is 1. The molecule has 5 rings (SSSR count). The number of amidine groups is 1. The highest BCUT2D eigenvalue weighted by Crippen LogP contribution is 2.32. The van der Waals surface area contributed by atoms with Gasteiger partial charge in [-0.1, -0.05) is 6.07 Å². The van der Waals surface area contributed by atoms with Gasteiger partial charge in [-0.3, -0.25) is 29.7 Å². The zero-order valence-electron chi connectivity index (χ0n) is 18.3. The van der Waals surface area contributed by atoms with Gasteiger partial charge in [0.1, 0.15) is 22.9 Å². The Kier molecular flexibility index (Phi) is 5.25. The Hall–Kier alpha value is -4.25. The third kappa shape index (κ3) is 3.55.